The van der Waals surface area contributed by atoms with Crippen LogP contribution in [0.2, 0.25) is 0 Å². The lowest BCUT2D eigenvalue weighted by atomic mass is 9.91. The molecule has 1 aromatic carbocycles. The van der Waals surface area contributed by atoms with Crippen LogP contribution in [0.1, 0.15) is 36.0 Å². The number of amides is 1. The zero-order valence-corrected chi connectivity index (χ0v) is 12.2. The van der Waals surface area contributed by atoms with Crippen LogP contribution in [0, 0.1) is 0 Å². The fraction of sp³-hybridized carbons (Fsp3) is 0.533. The first-order valence-corrected chi connectivity index (χ1v) is 8.04. The van der Waals surface area contributed by atoms with Gasteiger partial charge in [0.1, 0.15) is 0 Å². The lowest BCUT2D eigenvalue weighted by molar-refractivity contribution is 0.0562. The van der Waals surface area contributed by atoms with E-state index in [1.807, 2.05) is 35.4 Å². The molecule has 0 spiro atoms. The minimum absolute atomic E-state index is 0.103. The van der Waals surface area contributed by atoms with Crippen molar-refractivity contribution in [1.29, 1.82) is 0 Å². The molecule has 0 aliphatic heterocycles. The highest BCUT2D eigenvalue weighted by atomic mass is 32.2. The van der Waals surface area contributed by atoms with E-state index in [4.69, 9.17) is 5.11 Å². The van der Waals surface area contributed by atoms with Crippen LogP contribution in [0.25, 0.3) is 0 Å². The minimum atomic E-state index is 0.103. The second-order valence-electron chi connectivity index (χ2n) is 4.89. The third-order valence-electron chi connectivity index (χ3n) is 3.67. The van der Waals surface area contributed by atoms with Gasteiger partial charge < -0.3 is 10.0 Å². The molecule has 0 radical (unpaired) electrons. The van der Waals surface area contributed by atoms with E-state index in [1.165, 1.54) is 11.3 Å². The van der Waals surface area contributed by atoms with Crippen LogP contribution in [-0.4, -0.2) is 41.4 Å². The Morgan fingerprint density at radius 1 is 1.37 bits per heavy atom. The second-order valence-corrected chi connectivity index (χ2v) is 5.77. The summed E-state index contributed by atoms with van der Waals surface area (Å²) in [6.45, 7) is 0.798. The number of hydrogen-bond donors (Lipinski definition) is 1. The molecule has 1 N–H and O–H groups in total. The van der Waals surface area contributed by atoms with Gasteiger partial charge in [-0.2, -0.15) is 0 Å². The summed E-state index contributed by atoms with van der Waals surface area (Å²) in [7, 11) is 0. The van der Waals surface area contributed by atoms with Crippen molar-refractivity contribution in [3.8, 4) is 0 Å². The summed E-state index contributed by atoms with van der Waals surface area (Å²) in [5, 5.41) is 8.97. The smallest absolute Gasteiger partial charge is 0.254 e. The number of rotatable bonds is 6. The highest BCUT2D eigenvalue weighted by Crippen LogP contribution is 2.26. The second kappa shape index (κ2) is 6.96. The maximum absolute atomic E-state index is 12.5. The average Bonchev–Trinajstić information content (AvgIpc) is 2.40. The zero-order valence-electron chi connectivity index (χ0n) is 11.3. The van der Waals surface area contributed by atoms with E-state index in [9.17, 15) is 4.79 Å². The lowest BCUT2D eigenvalue weighted by Gasteiger charge is -2.37. The summed E-state index contributed by atoms with van der Waals surface area (Å²) in [4.78, 5) is 15.6. The lowest BCUT2D eigenvalue weighted by Crippen LogP contribution is -2.44. The minimum Gasteiger partial charge on any atom is -0.396 e. The largest absolute Gasteiger partial charge is 0.396 e. The number of hydrogen-bond acceptors (Lipinski definition) is 3. The van der Waals surface area contributed by atoms with Crippen LogP contribution in [0.15, 0.2) is 29.2 Å². The van der Waals surface area contributed by atoms with Crippen molar-refractivity contribution < 1.29 is 9.90 Å². The summed E-state index contributed by atoms with van der Waals surface area (Å²) in [6.07, 6.45) is 6.09. The Hall–Kier alpha value is -1.00. The Labute approximate surface area is 119 Å². The van der Waals surface area contributed by atoms with Crippen molar-refractivity contribution in [3.05, 3.63) is 29.8 Å². The molecule has 2 rings (SSSR count). The number of benzene rings is 1. The van der Waals surface area contributed by atoms with E-state index in [-0.39, 0.29) is 12.5 Å². The van der Waals surface area contributed by atoms with Gasteiger partial charge in [0, 0.05) is 29.7 Å². The van der Waals surface area contributed by atoms with Crippen molar-refractivity contribution in [2.75, 3.05) is 19.4 Å². The van der Waals surface area contributed by atoms with Crippen LogP contribution in [-0.2, 0) is 0 Å². The third-order valence-corrected chi connectivity index (χ3v) is 4.41. The SMILES string of the molecule is CSc1ccc(C(=O)N(CCCO)C2CCC2)cc1. The summed E-state index contributed by atoms with van der Waals surface area (Å²) >= 11 is 1.68. The first-order chi connectivity index (χ1) is 9.26. The summed E-state index contributed by atoms with van der Waals surface area (Å²) in [6, 6.07) is 8.16. The predicted molar refractivity (Wildman–Crippen MR) is 78.6 cm³/mol. The molecule has 0 aromatic heterocycles. The number of aliphatic hydroxyl groups excluding tert-OH is 1. The molecule has 19 heavy (non-hydrogen) atoms. The van der Waals surface area contributed by atoms with Gasteiger partial charge in [0.05, 0.1) is 0 Å². The molecule has 4 heteroatoms. The number of nitrogens with zero attached hydrogens (tertiary/aromatic N) is 1. The molecule has 1 aromatic rings. The van der Waals surface area contributed by atoms with Gasteiger partial charge >= 0.3 is 0 Å². The topological polar surface area (TPSA) is 40.5 Å². The molecular weight excluding hydrogens is 258 g/mol. The van der Waals surface area contributed by atoms with Gasteiger partial charge in [0.15, 0.2) is 0 Å². The Morgan fingerprint density at radius 2 is 2.05 bits per heavy atom. The van der Waals surface area contributed by atoms with E-state index in [0.29, 0.717) is 19.0 Å². The summed E-state index contributed by atoms with van der Waals surface area (Å²) < 4.78 is 0. The molecule has 1 saturated carbocycles. The molecule has 0 atom stereocenters. The van der Waals surface area contributed by atoms with E-state index >= 15 is 0 Å². The molecule has 0 unspecified atom stereocenters. The molecule has 3 nitrogen and oxygen atoms in total. The Balaban J connectivity index is 2.08. The molecule has 1 aliphatic carbocycles. The molecule has 1 amide bonds. The average molecular weight is 279 g/mol. The van der Waals surface area contributed by atoms with Crippen molar-refractivity contribution in [2.24, 2.45) is 0 Å². The van der Waals surface area contributed by atoms with E-state index in [1.54, 1.807) is 11.8 Å². The van der Waals surface area contributed by atoms with Gasteiger partial charge in [0.25, 0.3) is 5.91 Å². The van der Waals surface area contributed by atoms with Gasteiger partial charge in [-0.1, -0.05) is 0 Å². The standard InChI is InChI=1S/C15H21NO2S/c1-19-14-8-6-12(7-9-14)15(18)16(10-3-11-17)13-4-2-5-13/h6-9,13,17H,2-5,10-11H2,1H3. The quantitative estimate of drug-likeness (QED) is 0.814. The van der Waals surface area contributed by atoms with Crippen LogP contribution >= 0.6 is 11.8 Å². The summed E-state index contributed by atoms with van der Waals surface area (Å²) in [5.41, 5.74) is 0.752. The highest BCUT2D eigenvalue weighted by Gasteiger charge is 2.28. The first kappa shape index (κ1) is 14.4. The number of aliphatic hydroxyl groups is 1. The van der Waals surface area contributed by atoms with Crippen LogP contribution in [0.3, 0.4) is 0 Å². The van der Waals surface area contributed by atoms with Gasteiger partial charge in [-0.15, -0.1) is 11.8 Å². The fourth-order valence-electron chi connectivity index (χ4n) is 2.29. The Kier molecular flexibility index (Phi) is 5.28. The van der Waals surface area contributed by atoms with Gasteiger partial charge in [-0.3, -0.25) is 4.79 Å². The van der Waals surface area contributed by atoms with E-state index < -0.39 is 0 Å². The van der Waals surface area contributed by atoms with Gasteiger partial charge in [0.2, 0.25) is 0 Å². The molecule has 104 valence electrons. The molecule has 1 fully saturated rings. The summed E-state index contributed by atoms with van der Waals surface area (Å²) in [5.74, 6) is 0.103. The predicted octanol–water partition coefficient (Wildman–Crippen LogP) is 2.79. The van der Waals surface area contributed by atoms with Gasteiger partial charge in [-0.05, 0) is 56.2 Å². The first-order valence-electron chi connectivity index (χ1n) is 6.82. The number of carbonyl (C=O) groups is 1. The van der Waals surface area contributed by atoms with Crippen LogP contribution < -0.4 is 0 Å². The van der Waals surface area contributed by atoms with E-state index in [0.717, 1.165) is 18.4 Å². The molecule has 0 heterocycles. The highest BCUT2D eigenvalue weighted by molar-refractivity contribution is 7.98. The van der Waals surface area contributed by atoms with Crippen molar-refractivity contribution in [2.45, 2.75) is 36.6 Å². The van der Waals surface area contributed by atoms with Gasteiger partial charge in [-0.25, -0.2) is 0 Å². The van der Waals surface area contributed by atoms with Crippen molar-refractivity contribution >= 4 is 17.7 Å². The number of thioether (sulfide) groups is 1. The monoisotopic (exact) mass is 279 g/mol. The van der Waals surface area contributed by atoms with Crippen molar-refractivity contribution in [1.82, 2.24) is 4.90 Å². The maximum Gasteiger partial charge on any atom is 0.254 e. The number of carbonyl (C=O) groups excluding carboxylic acids is 1. The van der Waals surface area contributed by atoms with Crippen molar-refractivity contribution in [3.63, 3.8) is 0 Å². The Bertz CT molecular complexity index is 415. The van der Waals surface area contributed by atoms with Crippen LogP contribution in [0.4, 0.5) is 0 Å². The zero-order chi connectivity index (χ0) is 13.7. The molecule has 0 bridgehead atoms. The van der Waals surface area contributed by atoms with E-state index in [2.05, 4.69) is 0 Å². The molecule has 0 saturated heterocycles. The fourth-order valence-corrected chi connectivity index (χ4v) is 2.70. The van der Waals surface area contributed by atoms with Crippen LogP contribution in [0.5, 0.6) is 0 Å². The normalized spacial score (nSPS) is 15.1. The molecule has 1 aliphatic rings. The molecular formula is C15H21NO2S. The third kappa shape index (κ3) is 3.51. The Morgan fingerprint density at radius 3 is 2.53 bits per heavy atom. The maximum atomic E-state index is 12.5.